The smallest absolute Gasteiger partial charge is 0.270 e. The first-order chi connectivity index (χ1) is 17.7. The quantitative estimate of drug-likeness (QED) is 0.294. The van der Waals surface area contributed by atoms with E-state index in [1.807, 2.05) is 30.3 Å². The van der Waals surface area contributed by atoms with Crippen LogP contribution in [0.4, 0.5) is 5.82 Å². The number of hydrogen-bond donors (Lipinski definition) is 1. The highest BCUT2D eigenvalue weighted by Crippen LogP contribution is 2.36. The van der Waals surface area contributed by atoms with E-state index in [4.69, 9.17) is 17.0 Å². The maximum Gasteiger partial charge on any atom is 0.270 e. The van der Waals surface area contributed by atoms with Crippen LogP contribution in [-0.2, 0) is 18.4 Å². The summed E-state index contributed by atoms with van der Waals surface area (Å²) in [5.41, 5.74) is 1.83. The molecule has 0 spiro atoms. The number of benzene rings is 1. The minimum atomic E-state index is -0.386. The monoisotopic (exact) mass is 538 g/mol. The Kier molecular flexibility index (Phi) is 9.95. The summed E-state index contributed by atoms with van der Waals surface area (Å²) >= 11 is 6.85. The molecule has 1 unspecified atom stereocenters. The zero-order chi connectivity index (χ0) is 27.1. The van der Waals surface area contributed by atoms with E-state index in [0.29, 0.717) is 45.2 Å². The third-order valence-electron chi connectivity index (χ3n) is 6.75. The summed E-state index contributed by atoms with van der Waals surface area (Å²) in [6.07, 6.45) is 6.06. The van der Waals surface area contributed by atoms with Crippen molar-refractivity contribution < 1.29 is 9.53 Å². The Morgan fingerprint density at radius 2 is 1.95 bits per heavy atom. The Labute approximate surface area is 228 Å². The van der Waals surface area contributed by atoms with E-state index in [1.165, 1.54) is 16.3 Å². The lowest BCUT2D eigenvalue weighted by Gasteiger charge is -2.22. The molecule has 1 atom stereocenters. The Morgan fingerprint density at radius 1 is 1.24 bits per heavy atom. The molecule has 9 heteroatoms. The number of ether oxygens (including phenoxy) is 1. The van der Waals surface area contributed by atoms with Crippen molar-refractivity contribution in [1.82, 2.24) is 9.47 Å². The number of thioether (sulfide) groups is 1. The van der Waals surface area contributed by atoms with E-state index in [2.05, 4.69) is 19.2 Å². The average Bonchev–Trinajstić information content (AvgIpc) is 3.17. The van der Waals surface area contributed by atoms with Gasteiger partial charge in [-0.1, -0.05) is 69.2 Å². The van der Waals surface area contributed by atoms with Crippen molar-refractivity contribution in [3.8, 4) is 11.8 Å². The van der Waals surface area contributed by atoms with Gasteiger partial charge in [0.05, 0.1) is 12.0 Å². The highest BCUT2D eigenvalue weighted by Gasteiger charge is 2.34. The first kappa shape index (κ1) is 28.5. The molecule has 2 aromatic rings. The molecule has 0 saturated carbocycles. The topological polar surface area (TPSA) is 87.4 Å². The van der Waals surface area contributed by atoms with Gasteiger partial charge in [-0.3, -0.25) is 19.1 Å². The summed E-state index contributed by atoms with van der Waals surface area (Å²) in [5, 5.41) is 13.0. The third-order valence-corrected chi connectivity index (χ3v) is 8.13. The minimum absolute atomic E-state index is 0.0600. The second-order valence-electron chi connectivity index (χ2n) is 9.15. The number of methoxy groups -OCH3 is 1. The maximum absolute atomic E-state index is 13.4. The van der Waals surface area contributed by atoms with Gasteiger partial charge in [-0.25, -0.2) is 0 Å². The summed E-state index contributed by atoms with van der Waals surface area (Å²) in [5.74, 6) is 1.57. The number of nitrogens with zero attached hydrogens (tertiary/aromatic N) is 3. The minimum Gasteiger partial charge on any atom is -0.497 e. The molecule has 1 N–H and O–H groups in total. The van der Waals surface area contributed by atoms with Gasteiger partial charge in [-0.15, -0.1) is 0 Å². The van der Waals surface area contributed by atoms with E-state index >= 15 is 0 Å². The van der Waals surface area contributed by atoms with Crippen LogP contribution in [0, 0.1) is 24.2 Å². The standard InChI is InChI=1S/C28H34N4O3S2/c1-6-8-9-19(7-2)17-32-27(34)24(37-28(32)36)14-22-18(3)23(15-29)26(33)31(4)25(22)30-16-20-10-12-21(35-5)13-11-20/h10-14,19,30H,6-9,16-17H2,1-5H3/b24-14+. The van der Waals surface area contributed by atoms with Gasteiger partial charge in [0, 0.05) is 25.7 Å². The highest BCUT2D eigenvalue weighted by atomic mass is 32.2. The Balaban J connectivity index is 1.97. The number of rotatable bonds is 11. The average molecular weight is 539 g/mol. The number of carbonyl (C=O) groups is 1. The van der Waals surface area contributed by atoms with Crippen LogP contribution in [0.3, 0.4) is 0 Å². The first-order valence-corrected chi connectivity index (χ1v) is 13.7. The van der Waals surface area contributed by atoms with Crippen molar-refractivity contribution in [2.24, 2.45) is 13.0 Å². The summed E-state index contributed by atoms with van der Waals surface area (Å²) in [4.78, 5) is 28.5. The van der Waals surface area contributed by atoms with E-state index in [9.17, 15) is 14.9 Å². The van der Waals surface area contributed by atoms with Crippen LogP contribution < -0.4 is 15.6 Å². The van der Waals surface area contributed by atoms with Gasteiger partial charge in [-0.05, 0) is 48.6 Å². The Bertz CT molecular complexity index is 1290. The van der Waals surface area contributed by atoms with E-state index in [1.54, 1.807) is 32.1 Å². The number of nitrogens with one attached hydrogen (secondary N) is 1. The van der Waals surface area contributed by atoms with E-state index < -0.39 is 0 Å². The molecule has 1 aromatic carbocycles. The van der Waals surface area contributed by atoms with Crippen LogP contribution in [0.5, 0.6) is 5.75 Å². The number of nitriles is 1. The molecule has 1 saturated heterocycles. The first-order valence-electron chi connectivity index (χ1n) is 12.5. The Morgan fingerprint density at radius 3 is 2.54 bits per heavy atom. The van der Waals surface area contributed by atoms with Gasteiger partial charge in [0.15, 0.2) is 0 Å². The van der Waals surface area contributed by atoms with Gasteiger partial charge < -0.3 is 10.1 Å². The van der Waals surface area contributed by atoms with E-state index in [-0.39, 0.29) is 17.0 Å². The lowest BCUT2D eigenvalue weighted by atomic mass is 9.99. The lowest BCUT2D eigenvalue weighted by molar-refractivity contribution is -0.122. The molecule has 1 aliphatic heterocycles. The van der Waals surface area contributed by atoms with Crippen LogP contribution in [0.15, 0.2) is 34.0 Å². The predicted molar refractivity (Wildman–Crippen MR) is 155 cm³/mol. The molecule has 0 aliphatic carbocycles. The van der Waals surface area contributed by atoms with E-state index in [0.717, 1.165) is 37.0 Å². The van der Waals surface area contributed by atoms with Gasteiger partial charge in [0.2, 0.25) is 0 Å². The molecule has 3 rings (SSSR count). The SMILES string of the molecule is CCCCC(CC)CN1C(=O)/C(=C\c2c(C)c(C#N)c(=O)n(C)c2NCc2ccc(OC)cc2)SC1=S. The number of anilines is 1. The Hall–Kier alpha value is -3.09. The fraction of sp³-hybridized carbons (Fsp3) is 0.429. The molecule has 37 heavy (non-hydrogen) atoms. The molecule has 1 aromatic heterocycles. The number of hydrogen-bond acceptors (Lipinski definition) is 7. The third kappa shape index (κ3) is 6.43. The molecule has 0 radical (unpaired) electrons. The van der Waals surface area contributed by atoms with Crippen molar-refractivity contribution in [3.63, 3.8) is 0 Å². The van der Waals surface area contributed by atoms with Gasteiger partial charge in [0.1, 0.15) is 27.5 Å². The molecule has 1 amide bonds. The van der Waals surface area contributed by atoms with Gasteiger partial charge >= 0.3 is 0 Å². The van der Waals surface area contributed by atoms with Crippen LogP contribution in [0.25, 0.3) is 6.08 Å². The lowest BCUT2D eigenvalue weighted by Crippen LogP contribution is -2.33. The van der Waals surface area contributed by atoms with Crippen LogP contribution in [-0.4, -0.2) is 33.3 Å². The predicted octanol–water partition coefficient (Wildman–Crippen LogP) is 5.60. The summed E-state index contributed by atoms with van der Waals surface area (Å²) < 4.78 is 7.20. The molecule has 196 valence electrons. The van der Waals surface area contributed by atoms with Crippen LogP contribution >= 0.6 is 24.0 Å². The molecule has 2 heterocycles. The van der Waals surface area contributed by atoms with Crippen molar-refractivity contribution in [1.29, 1.82) is 5.26 Å². The number of unbranched alkanes of at least 4 members (excludes halogenated alkanes) is 1. The fourth-order valence-corrected chi connectivity index (χ4v) is 5.59. The van der Waals surface area contributed by atoms with Crippen molar-refractivity contribution in [3.05, 3.63) is 61.8 Å². The second kappa shape index (κ2) is 12.9. The number of pyridine rings is 1. The second-order valence-corrected chi connectivity index (χ2v) is 10.8. The summed E-state index contributed by atoms with van der Waals surface area (Å²) in [6, 6.07) is 9.65. The molecule has 7 nitrogen and oxygen atoms in total. The number of aromatic nitrogens is 1. The fourth-order valence-electron chi connectivity index (χ4n) is 4.34. The summed E-state index contributed by atoms with van der Waals surface area (Å²) in [6.45, 7) is 7.10. The molecular formula is C28H34N4O3S2. The maximum atomic E-state index is 13.4. The number of amides is 1. The van der Waals surface area contributed by atoms with Crippen molar-refractivity contribution in [2.45, 2.75) is 53.0 Å². The number of carbonyl (C=O) groups excluding carboxylic acids is 1. The molecular weight excluding hydrogens is 504 g/mol. The summed E-state index contributed by atoms with van der Waals surface area (Å²) in [7, 11) is 3.24. The van der Waals surface area contributed by atoms with Crippen LogP contribution in [0.2, 0.25) is 0 Å². The normalized spacial score (nSPS) is 15.2. The molecule has 1 fully saturated rings. The largest absolute Gasteiger partial charge is 0.497 e. The number of thiocarbonyl (C=S) groups is 1. The van der Waals surface area contributed by atoms with Crippen molar-refractivity contribution >= 4 is 46.1 Å². The van der Waals surface area contributed by atoms with Crippen LogP contribution in [0.1, 0.15) is 61.8 Å². The van der Waals surface area contributed by atoms with Gasteiger partial charge in [-0.2, -0.15) is 5.26 Å². The molecule has 0 bridgehead atoms. The zero-order valence-electron chi connectivity index (χ0n) is 22.1. The van der Waals surface area contributed by atoms with Crippen molar-refractivity contribution in [2.75, 3.05) is 19.0 Å². The molecule has 1 aliphatic rings. The highest BCUT2D eigenvalue weighted by molar-refractivity contribution is 8.26. The zero-order valence-corrected chi connectivity index (χ0v) is 23.7. The van der Waals surface area contributed by atoms with Gasteiger partial charge in [0.25, 0.3) is 11.5 Å².